The van der Waals surface area contributed by atoms with Gasteiger partial charge >= 0.3 is 0 Å². The van der Waals surface area contributed by atoms with E-state index < -0.39 is 11.5 Å². The maximum atomic E-state index is 13.0. The fourth-order valence-corrected chi connectivity index (χ4v) is 4.80. The molecule has 0 aliphatic heterocycles. The molecular weight excluding hydrogens is 288 g/mol. The maximum Gasteiger partial charge on any atom is 0.190 e. The van der Waals surface area contributed by atoms with Gasteiger partial charge in [0.05, 0.1) is 5.92 Å². The third-order valence-corrected chi connectivity index (χ3v) is 6.55. The highest BCUT2D eigenvalue weighted by Gasteiger charge is 2.58. The third kappa shape index (κ3) is 2.44. The average molecular weight is 316 g/mol. The number of carbonyl (C=O) groups excluding carboxylic acids is 2. The minimum atomic E-state index is -1.56. The molecule has 0 aromatic heterocycles. The smallest absolute Gasteiger partial charge is 0.190 e. The van der Waals surface area contributed by atoms with Gasteiger partial charge in [-0.25, -0.2) is 0 Å². The fourth-order valence-electron chi connectivity index (χ4n) is 4.80. The molecule has 0 bridgehead atoms. The Morgan fingerprint density at radius 2 is 1.83 bits per heavy atom. The molecule has 0 unspecified atom stereocenters. The minimum absolute atomic E-state index is 0.00210. The van der Waals surface area contributed by atoms with E-state index in [-0.39, 0.29) is 29.3 Å². The summed E-state index contributed by atoms with van der Waals surface area (Å²) in [5.74, 6) is -0.232. The summed E-state index contributed by atoms with van der Waals surface area (Å²) in [6.45, 7) is 10.1. The van der Waals surface area contributed by atoms with Crippen molar-refractivity contribution < 1.29 is 14.7 Å². The van der Waals surface area contributed by atoms with E-state index in [4.69, 9.17) is 0 Å². The Hall–Kier alpha value is -1.22. The Morgan fingerprint density at radius 1 is 1.17 bits per heavy atom. The van der Waals surface area contributed by atoms with Crippen LogP contribution in [0.4, 0.5) is 0 Å². The van der Waals surface area contributed by atoms with Crippen LogP contribution in [0.25, 0.3) is 0 Å². The lowest BCUT2D eigenvalue weighted by molar-refractivity contribution is -0.138. The number of carbonyl (C=O) groups is 2. The molecule has 5 atom stereocenters. The fraction of sp³-hybridized carbons (Fsp3) is 0.700. The van der Waals surface area contributed by atoms with Gasteiger partial charge < -0.3 is 5.11 Å². The summed E-state index contributed by atoms with van der Waals surface area (Å²) >= 11 is 0. The SMILES string of the molecule is C/C1=C/[C@H]2C(=O)[C@@H](C)C[C@]2(O)C(=O)/C(C)=C\[C@@H]2[C@H](CC1)C2(C)C. The lowest BCUT2D eigenvalue weighted by Crippen LogP contribution is -2.43. The number of ketones is 2. The summed E-state index contributed by atoms with van der Waals surface area (Å²) in [7, 11) is 0. The van der Waals surface area contributed by atoms with Gasteiger partial charge in [0.2, 0.25) is 0 Å². The van der Waals surface area contributed by atoms with Gasteiger partial charge in [0.1, 0.15) is 11.4 Å². The summed E-state index contributed by atoms with van der Waals surface area (Å²) < 4.78 is 0. The number of allylic oxidation sites excluding steroid dienone is 2. The minimum Gasteiger partial charge on any atom is -0.381 e. The molecule has 3 nitrogen and oxygen atoms in total. The zero-order chi connectivity index (χ0) is 17.2. The molecule has 3 aliphatic carbocycles. The standard InChI is InChI=1S/C20H28O3/c1-11-6-7-14-15(19(14,4)5)9-12(2)18(22)20(23)10-13(3)17(21)16(20)8-11/h8-9,13-16,23H,6-7,10H2,1-5H3/b11-8-,12-9-/t13-,14-,15+,16-,20+/m0/s1. The molecule has 0 radical (unpaired) electrons. The largest absolute Gasteiger partial charge is 0.381 e. The topological polar surface area (TPSA) is 54.4 Å². The number of fused-ring (bicyclic) bond motifs is 2. The van der Waals surface area contributed by atoms with Crippen LogP contribution in [0.2, 0.25) is 0 Å². The maximum absolute atomic E-state index is 13.0. The van der Waals surface area contributed by atoms with Crippen molar-refractivity contribution in [3.63, 3.8) is 0 Å². The molecule has 3 heteroatoms. The van der Waals surface area contributed by atoms with Gasteiger partial charge in [0.25, 0.3) is 0 Å². The summed E-state index contributed by atoms with van der Waals surface area (Å²) in [5, 5.41) is 11.1. The highest BCUT2D eigenvalue weighted by molar-refractivity contribution is 6.07. The van der Waals surface area contributed by atoms with Gasteiger partial charge in [0.15, 0.2) is 5.78 Å². The monoisotopic (exact) mass is 316 g/mol. The van der Waals surface area contributed by atoms with Crippen LogP contribution >= 0.6 is 0 Å². The summed E-state index contributed by atoms with van der Waals surface area (Å²) in [4.78, 5) is 25.4. The number of hydrogen-bond acceptors (Lipinski definition) is 3. The van der Waals surface area contributed by atoms with Crippen LogP contribution in [0.5, 0.6) is 0 Å². The van der Waals surface area contributed by atoms with E-state index in [2.05, 4.69) is 19.9 Å². The first-order valence-electron chi connectivity index (χ1n) is 8.75. The second kappa shape index (κ2) is 5.14. The van der Waals surface area contributed by atoms with Crippen molar-refractivity contribution in [2.24, 2.45) is 29.1 Å². The van der Waals surface area contributed by atoms with Gasteiger partial charge in [0, 0.05) is 5.92 Å². The van der Waals surface area contributed by atoms with Gasteiger partial charge in [-0.15, -0.1) is 0 Å². The van der Waals surface area contributed by atoms with Crippen LogP contribution in [0, 0.1) is 29.1 Å². The Morgan fingerprint density at radius 3 is 2.48 bits per heavy atom. The van der Waals surface area contributed by atoms with Gasteiger partial charge in [-0.3, -0.25) is 9.59 Å². The normalized spacial score (nSPS) is 47.6. The average Bonchev–Trinajstić information content (AvgIpc) is 2.90. The van der Waals surface area contributed by atoms with Crippen molar-refractivity contribution in [2.45, 2.75) is 59.5 Å². The molecule has 0 heterocycles. The predicted molar refractivity (Wildman–Crippen MR) is 89.7 cm³/mol. The molecule has 0 aromatic carbocycles. The van der Waals surface area contributed by atoms with Crippen LogP contribution < -0.4 is 0 Å². The Balaban J connectivity index is 2.05. The van der Waals surface area contributed by atoms with E-state index in [0.717, 1.165) is 18.4 Å². The zero-order valence-electron chi connectivity index (χ0n) is 14.8. The van der Waals surface area contributed by atoms with Crippen molar-refractivity contribution in [3.8, 4) is 0 Å². The lowest BCUT2D eigenvalue weighted by Gasteiger charge is -2.26. The molecular formula is C20H28O3. The first-order valence-corrected chi connectivity index (χ1v) is 8.75. The summed E-state index contributed by atoms with van der Waals surface area (Å²) in [6.07, 6.45) is 6.16. The molecule has 126 valence electrons. The van der Waals surface area contributed by atoms with Crippen molar-refractivity contribution in [1.29, 1.82) is 0 Å². The summed E-state index contributed by atoms with van der Waals surface area (Å²) in [5.41, 5.74) is 0.400. The van der Waals surface area contributed by atoms with Crippen LogP contribution in [-0.4, -0.2) is 22.3 Å². The van der Waals surface area contributed by atoms with Crippen LogP contribution in [0.3, 0.4) is 0 Å². The van der Waals surface area contributed by atoms with Crippen molar-refractivity contribution in [1.82, 2.24) is 0 Å². The third-order valence-electron chi connectivity index (χ3n) is 6.55. The van der Waals surface area contributed by atoms with E-state index in [9.17, 15) is 14.7 Å². The predicted octanol–water partition coefficient (Wildman–Crippen LogP) is 3.47. The van der Waals surface area contributed by atoms with Crippen molar-refractivity contribution >= 4 is 11.6 Å². The first kappa shape index (κ1) is 16.6. The van der Waals surface area contributed by atoms with E-state index in [1.54, 1.807) is 6.92 Å². The molecule has 2 fully saturated rings. The van der Waals surface area contributed by atoms with Gasteiger partial charge in [-0.1, -0.05) is 38.5 Å². The number of aliphatic hydroxyl groups is 1. The molecule has 3 aliphatic rings. The first-order chi connectivity index (χ1) is 10.6. The summed E-state index contributed by atoms with van der Waals surface area (Å²) in [6, 6.07) is 0. The number of Topliss-reactive ketones (excluding diaryl/α,β-unsaturated/α-hetero) is 2. The molecule has 2 saturated carbocycles. The lowest BCUT2D eigenvalue weighted by atomic mass is 9.82. The Kier molecular flexibility index (Phi) is 3.72. The van der Waals surface area contributed by atoms with Gasteiger partial charge in [-0.05, 0) is 55.9 Å². The van der Waals surface area contributed by atoms with E-state index in [1.165, 1.54) is 0 Å². The molecule has 0 aromatic rings. The molecule has 23 heavy (non-hydrogen) atoms. The van der Waals surface area contributed by atoms with Crippen molar-refractivity contribution in [2.75, 3.05) is 0 Å². The Labute approximate surface area is 138 Å². The highest BCUT2D eigenvalue weighted by atomic mass is 16.3. The van der Waals surface area contributed by atoms with Crippen LogP contribution in [0.15, 0.2) is 23.3 Å². The van der Waals surface area contributed by atoms with E-state index in [1.807, 2.05) is 19.9 Å². The van der Waals surface area contributed by atoms with E-state index in [0.29, 0.717) is 17.4 Å². The van der Waals surface area contributed by atoms with Crippen molar-refractivity contribution in [3.05, 3.63) is 23.3 Å². The van der Waals surface area contributed by atoms with Crippen LogP contribution in [0.1, 0.15) is 53.9 Å². The molecule has 0 spiro atoms. The number of hydrogen-bond donors (Lipinski definition) is 1. The molecule has 1 N–H and O–H groups in total. The van der Waals surface area contributed by atoms with Gasteiger partial charge in [-0.2, -0.15) is 0 Å². The number of rotatable bonds is 0. The van der Waals surface area contributed by atoms with E-state index >= 15 is 0 Å². The van der Waals surface area contributed by atoms with Crippen LogP contribution in [-0.2, 0) is 9.59 Å². The molecule has 3 rings (SSSR count). The Bertz CT molecular complexity index is 625. The zero-order valence-corrected chi connectivity index (χ0v) is 14.8. The molecule has 0 saturated heterocycles. The quantitative estimate of drug-likeness (QED) is 0.696. The highest BCUT2D eigenvalue weighted by Crippen LogP contribution is 2.62. The second-order valence-corrected chi connectivity index (χ2v) is 8.59. The molecule has 0 amide bonds. The second-order valence-electron chi connectivity index (χ2n) is 8.59.